The SMILES string of the molecule is COC(CN1CCN(CCCC(=O)c2ccc(Cl)cc2)CC1)c1ccccc1. The third-order valence-corrected chi connectivity index (χ3v) is 5.64. The minimum atomic E-state index is 0.116. The van der Waals surface area contributed by atoms with Crippen LogP contribution in [0.1, 0.15) is 34.9 Å². The van der Waals surface area contributed by atoms with E-state index in [1.165, 1.54) is 5.56 Å². The lowest BCUT2D eigenvalue weighted by atomic mass is 10.1. The van der Waals surface area contributed by atoms with Crippen LogP contribution in [0.4, 0.5) is 0 Å². The van der Waals surface area contributed by atoms with Gasteiger partial charge in [0, 0.05) is 56.8 Å². The number of methoxy groups -OCH3 is 1. The van der Waals surface area contributed by atoms with E-state index in [1.54, 1.807) is 19.2 Å². The number of hydrogen-bond donors (Lipinski definition) is 0. The number of carbonyl (C=O) groups excluding carboxylic acids is 1. The predicted molar refractivity (Wildman–Crippen MR) is 114 cm³/mol. The molecule has 0 radical (unpaired) electrons. The van der Waals surface area contributed by atoms with Gasteiger partial charge in [0.2, 0.25) is 0 Å². The minimum absolute atomic E-state index is 0.116. The van der Waals surface area contributed by atoms with Crippen LogP contribution >= 0.6 is 11.6 Å². The highest BCUT2D eigenvalue weighted by atomic mass is 35.5. The second kappa shape index (κ2) is 10.7. The molecular weight excluding hydrogens is 372 g/mol. The van der Waals surface area contributed by atoms with Crippen LogP contribution in [0.25, 0.3) is 0 Å². The number of piperazine rings is 1. The van der Waals surface area contributed by atoms with Gasteiger partial charge in [-0.25, -0.2) is 0 Å². The molecule has 0 aromatic heterocycles. The molecule has 2 aromatic rings. The Labute approximate surface area is 173 Å². The maximum atomic E-state index is 12.3. The van der Waals surface area contributed by atoms with E-state index in [1.807, 2.05) is 18.2 Å². The third-order valence-electron chi connectivity index (χ3n) is 5.39. The number of Topliss-reactive ketones (excluding diaryl/α,β-unsaturated/α-hetero) is 1. The summed E-state index contributed by atoms with van der Waals surface area (Å²) in [6, 6.07) is 17.6. The van der Waals surface area contributed by atoms with Crippen molar-refractivity contribution in [1.82, 2.24) is 9.80 Å². The fraction of sp³-hybridized carbons (Fsp3) is 0.435. The highest BCUT2D eigenvalue weighted by Crippen LogP contribution is 2.19. The van der Waals surface area contributed by atoms with E-state index in [-0.39, 0.29) is 11.9 Å². The molecule has 1 aliphatic rings. The summed E-state index contributed by atoms with van der Waals surface area (Å²) in [5, 5.41) is 0.664. The third kappa shape index (κ3) is 6.14. The highest BCUT2D eigenvalue weighted by Gasteiger charge is 2.21. The van der Waals surface area contributed by atoms with Crippen molar-refractivity contribution in [2.45, 2.75) is 18.9 Å². The number of hydrogen-bond acceptors (Lipinski definition) is 4. The topological polar surface area (TPSA) is 32.8 Å². The molecule has 2 aromatic carbocycles. The Morgan fingerprint density at radius 3 is 2.29 bits per heavy atom. The number of rotatable bonds is 9. The van der Waals surface area contributed by atoms with Crippen molar-refractivity contribution >= 4 is 17.4 Å². The van der Waals surface area contributed by atoms with Crippen molar-refractivity contribution in [2.24, 2.45) is 0 Å². The second-order valence-electron chi connectivity index (χ2n) is 7.31. The van der Waals surface area contributed by atoms with Gasteiger partial charge < -0.3 is 9.64 Å². The van der Waals surface area contributed by atoms with Gasteiger partial charge in [0.25, 0.3) is 0 Å². The van der Waals surface area contributed by atoms with E-state index in [4.69, 9.17) is 16.3 Å². The van der Waals surface area contributed by atoms with Gasteiger partial charge in [-0.15, -0.1) is 0 Å². The van der Waals surface area contributed by atoms with Gasteiger partial charge in [-0.1, -0.05) is 41.9 Å². The van der Waals surface area contributed by atoms with Gasteiger partial charge in [0.1, 0.15) is 0 Å². The van der Waals surface area contributed by atoms with Crippen LogP contribution < -0.4 is 0 Å². The first-order valence-corrected chi connectivity index (χ1v) is 10.3. The largest absolute Gasteiger partial charge is 0.375 e. The van der Waals surface area contributed by atoms with Gasteiger partial charge >= 0.3 is 0 Å². The maximum absolute atomic E-state index is 12.3. The molecule has 1 aliphatic heterocycles. The average Bonchev–Trinajstić information content (AvgIpc) is 2.74. The molecule has 1 heterocycles. The normalized spacial score (nSPS) is 16.8. The lowest BCUT2D eigenvalue weighted by Gasteiger charge is -2.36. The molecule has 0 saturated carbocycles. The first-order valence-electron chi connectivity index (χ1n) is 9.97. The predicted octanol–water partition coefficient (Wildman–Crippen LogP) is 4.31. The Bertz CT molecular complexity index is 728. The molecule has 5 heteroatoms. The lowest BCUT2D eigenvalue weighted by molar-refractivity contribution is 0.0416. The molecule has 0 bridgehead atoms. The standard InChI is InChI=1S/C23H29ClN2O2/c1-28-23(20-6-3-2-4-7-20)18-26-16-14-25(15-17-26)13-5-8-22(27)19-9-11-21(24)12-10-19/h2-4,6-7,9-12,23H,5,8,13-18H2,1H3. The molecule has 3 rings (SSSR count). The Balaban J connectivity index is 1.37. The van der Waals surface area contributed by atoms with Gasteiger partial charge in [0.15, 0.2) is 5.78 Å². The molecule has 4 nitrogen and oxygen atoms in total. The molecular formula is C23H29ClN2O2. The second-order valence-corrected chi connectivity index (χ2v) is 7.75. The zero-order valence-electron chi connectivity index (χ0n) is 16.5. The molecule has 1 fully saturated rings. The molecule has 1 saturated heterocycles. The van der Waals surface area contributed by atoms with Crippen LogP contribution in [-0.2, 0) is 4.74 Å². The highest BCUT2D eigenvalue weighted by molar-refractivity contribution is 6.30. The van der Waals surface area contributed by atoms with Crippen molar-refractivity contribution in [3.63, 3.8) is 0 Å². The molecule has 0 aliphatic carbocycles. The number of nitrogens with zero attached hydrogens (tertiary/aromatic N) is 2. The summed E-state index contributed by atoms with van der Waals surface area (Å²) in [6.07, 6.45) is 1.60. The number of halogens is 1. The van der Waals surface area contributed by atoms with Crippen molar-refractivity contribution in [3.8, 4) is 0 Å². The van der Waals surface area contributed by atoms with Crippen LogP contribution in [0.5, 0.6) is 0 Å². The maximum Gasteiger partial charge on any atom is 0.162 e. The molecule has 1 unspecified atom stereocenters. The Hall–Kier alpha value is -1.72. The summed E-state index contributed by atoms with van der Waals surface area (Å²) >= 11 is 5.88. The monoisotopic (exact) mass is 400 g/mol. The molecule has 0 amide bonds. The molecule has 28 heavy (non-hydrogen) atoms. The zero-order chi connectivity index (χ0) is 19.8. The van der Waals surface area contributed by atoms with Gasteiger partial charge in [-0.2, -0.15) is 0 Å². The van der Waals surface area contributed by atoms with Gasteiger partial charge in [-0.05, 0) is 42.8 Å². The molecule has 1 atom stereocenters. The Morgan fingerprint density at radius 1 is 1.00 bits per heavy atom. The fourth-order valence-corrected chi connectivity index (χ4v) is 3.78. The van der Waals surface area contributed by atoms with Crippen molar-refractivity contribution in [1.29, 1.82) is 0 Å². The smallest absolute Gasteiger partial charge is 0.162 e. The van der Waals surface area contributed by atoms with Gasteiger partial charge in [-0.3, -0.25) is 9.69 Å². The van der Waals surface area contributed by atoms with Crippen LogP contribution in [0.2, 0.25) is 5.02 Å². The van der Waals surface area contributed by atoms with Crippen LogP contribution in [0.3, 0.4) is 0 Å². The number of benzene rings is 2. The number of carbonyl (C=O) groups is 1. The summed E-state index contributed by atoms with van der Waals surface area (Å²) < 4.78 is 5.71. The summed E-state index contributed by atoms with van der Waals surface area (Å²) in [6.45, 7) is 6.05. The van der Waals surface area contributed by atoms with E-state index in [0.717, 1.165) is 51.3 Å². The van der Waals surface area contributed by atoms with E-state index in [2.05, 4.69) is 34.1 Å². The fourth-order valence-electron chi connectivity index (χ4n) is 3.66. The van der Waals surface area contributed by atoms with Crippen LogP contribution in [0, 0.1) is 0 Å². The summed E-state index contributed by atoms with van der Waals surface area (Å²) in [5.41, 5.74) is 1.98. The van der Waals surface area contributed by atoms with Crippen LogP contribution in [0.15, 0.2) is 54.6 Å². The minimum Gasteiger partial charge on any atom is -0.375 e. The quantitative estimate of drug-likeness (QED) is 0.587. The summed E-state index contributed by atoms with van der Waals surface area (Å²) in [4.78, 5) is 17.2. The average molecular weight is 401 g/mol. The number of ether oxygens (including phenoxy) is 1. The van der Waals surface area contributed by atoms with E-state index < -0.39 is 0 Å². The Kier molecular flexibility index (Phi) is 8.04. The lowest BCUT2D eigenvalue weighted by Crippen LogP contribution is -2.47. The zero-order valence-corrected chi connectivity index (χ0v) is 17.3. The first kappa shape index (κ1) is 21.0. The van der Waals surface area contributed by atoms with Gasteiger partial charge in [0.05, 0.1) is 6.10 Å². The van der Waals surface area contributed by atoms with E-state index in [9.17, 15) is 4.79 Å². The molecule has 0 spiro atoms. The first-order chi connectivity index (χ1) is 13.7. The van der Waals surface area contributed by atoms with E-state index in [0.29, 0.717) is 11.4 Å². The summed E-state index contributed by atoms with van der Waals surface area (Å²) in [5.74, 6) is 0.195. The van der Waals surface area contributed by atoms with Crippen molar-refractivity contribution in [3.05, 3.63) is 70.7 Å². The summed E-state index contributed by atoms with van der Waals surface area (Å²) in [7, 11) is 1.78. The van der Waals surface area contributed by atoms with Crippen molar-refractivity contribution < 1.29 is 9.53 Å². The molecule has 0 N–H and O–H groups in total. The molecule has 150 valence electrons. The van der Waals surface area contributed by atoms with Crippen molar-refractivity contribution in [2.75, 3.05) is 46.4 Å². The Morgan fingerprint density at radius 2 is 1.64 bits per heavy atom. The number of ketones is 1. The van der Waals surface area contributed by atoms with Crippen LogP contribution in [-0.4, -0.2) is 62.0 Å². The van der Waals surface area contributed by atoms with E-state index >= 15 is 0 Å².